The highest BCUT2D eigenvalue weighted by Crippen LogP contribution is 2.34. The number of benzene rings is 2. The number of aromatic nitrogens is 1. The number of nitrogens with one attached hydrogen (secondary N) is 1. The molecule has 3 aromatic rings. The number of methoxy groups -OCH3 is 1. The number of phenols is 1. The Morgan fingerprint density at radius 3 is 2.77 bits per heavy atom. The van der Waals surface area contributed by atoms with Crippen LogP contribution in [-0.2, 0) is 0 Å². The Hall–Kier alpha value is -2.59. The predicted octanol–water partition coefficient (Wildman–Crippen LogP) is 3.26. The average molecular weight is 294 g/mol. The molecule has 0 fully saturated rings. The van der Waals surface area contributed by atoms with Gasteiger partial charge in [0.05, 0.1) is 13.2 Å². The first-order valence-electron chi connectivity index (χ1n) is 7.12. The van der Waals surface area contributed by atoms with Crippen LogP contribution in [0.15, 0.2) is 54.7 Å². The lowest BCUT2D eigenvalue weighted by molar-refractivity contribution is 0.413. The molecule has 0 amide bonds. The van der Waals surface area contributed by atoms with E-state index in [9.17, 15) is 5.11 Å². The molecule has 1 unspecified atom stereocenters. The van der Waals surface area contributed by atoms with E-state index in [2.05, 4.69) is 10.3 Å². The fourth-order valence-corrected chi connectivity index (χ4v) is 2.70. The van der Waals surface area contributed by atoms with Crippen LogP contribution < -0.4 is 10.1 Å². The minimum absolute atomic E-state index is 0.137. The van der Waals surface area contributed by atoms with E-state index in [1.165, 1.54) is 0 Å². The van der Waals surface area contributed by atoms with Crippen molar-refractivity contribution in [1.82, 2.24) is 10.3 Å². The minimum Gasteiger partial charge on any atom is -0.505 e. The van der Waals surface area contributed by atoms with E-state index < -0.39 is 0 Å². The van der Waals surface area contributed by atoms with Crippen LogP contribution in [0.5, 0.6) is 11.5 Å². The molecule has 112 valence electrons. The zero-order valence-electron chi connectivity index (χ0n) is 12.6. The van der Waals surface area contributed by atoms with Crippen molar-refractivity contribution in [3.05, 3.63) is 65.9 Å². The van der Waals surface area contributed by atoms with Crippen molar-refractivity contribution >= 4 is 10.9 Å². The van der Waals surface area contributed by atoms with Crippen LogP contribution in [0, 0.1) is 0 Å². The normalized spacial score (nSPS) is 12.3. The molecule has 0 aliphatic carbocycles. The predicted molar refractivity (Wildman–Crippen MR) is 87.3 cm³/mol. The van der Waals surface area contributed by atoms with Gasteiger partial charge in [-0.05, 0) is 30.8 Å². The summed E-state index contributed by atoms with van der Waals surface area (Å²) in [5.41, 5.74) is 2.43. The number of rotatable bonds is 4. The summed E-state index contributed by atoms with van der Waals surface area (Å²) in [5.74, 6) is 0.997. The highest BCUT2D eigenvalue weighted by molar-refractivity contribution is 5.85. The second-order valence-corrected chi connectivity index (χ2v) is 5.08. The maximum atomic E-state index is 10.6. The van der Waals surface area contributed by atoms with Crippen LogP contribution in [0.2, 0.25) is 0 Å². The summed E-state index contributed by atoms with van der Waals surface area (Å²) >= 11 is 0. The van der Waals surface area contributed by atoms with Crippen LogP contribution in [0.1, 0.15) is 17.2 Å². The third kappa shape index (κ3) is 2.49. The molecule has 1 atom stereocenters. The topological polar surface area (TPSA) is 54.4 Å². The molecule has 0 spiro atoms. The Labute approximate surface area is 129 Å². The molecule has 4 nitrogen and oxygen atoms in total. The molecule has 0 aliphatic heterocycles. The van der Waals surface area contributed by atoms with Gasteiger partial charge in [0.25, 0.3) is 0 Å². The van der Waals surface area contributed by atoms with E-state index in [4.69, 9.17) is 4.74 Å². The summed E-state index contributed by atoms with van der Waals surface area (Å²) in [6.45, 7) is 0. The molecular formula is C18H18N2O2. The summed E-state index contributed by atoms with van der Waals surface area (Å²) in [4.78, 5) is 4.28. The van der Waals surface area contributed by atoms with E-state index in [0.717, 1.165) is 22.3 Å². The molecule has 2 N–H and O–H groups in total. The van der Waals surface area contributed by atoms with Crippen molar-refractivity contribution in [2.24, 2.45) is 0 Å². The van der Waals surface area contributed by atoms with Crippen LogP contribution in [-0.4, -0.2) is 24.2 Å². The van der Waals surface area contributed by atoms with E-state index >= 15 is 0 Å². The molecule has 1 heterocycles. The van der Waals surface area contributed by atoms with Gasteiger partial charge in [-0.1, -0.05) is 30.3 Å². The van der Waals surface area contributed by atoms with Gasteiger partial charge in [0.1, 0.15) is 17.0 Å². The van der Waals surface area contributed by atoms with E-state index in [-0.39, 0.29) is 11.8 Å². The van der Waals surface area contributed by atoms with Crippen LogP contribution in [0.4, 0.5) is 0 Å². The van der Waals surface area contributed by atoms with E-state index in [1.54, 1.807) is 13.3 Å². The Morgan fingerprint density at radius 1 is 1.14 bits per heavy atom. The maximum Gasteiger partial charge on any atom is 0.146 e. The Kier molecular flexibility index (Phi) is 3.94. The molecule has 1 aromatic heterocycles. The first-order chi connectivity index (χ1) is 10.7. The second kappa shape index (κ2) is 6.03. The van der Waals surface area contributed by atoms with Gasteiger partial charge in [-0.15, -0.1) is 0 Å². The standard InChI is InChI=1S/C18H18N2O2/c1-19-16(13-5-3-7-14(11-13)22-2)15-9-8-12-6-4-10-20-17(12)18(15)21/h3-11,16,19,21H,1-2H3. The molecule has 2 aromatic carbocycles. The molecule has 22 heavy (non-hydrogen) atoms. The van der Waals surface area contributed by atoms with Gasteiger partial charge in [-0.25, -0.2) is 0 Å². The SMILES string of the molecule is CNC(c1cccc(OC)c1)c1ccc2cccnc2c1O. The third-order valence-electron chi connectivity index (χ3n) is 3.81. The van der Waals surface area contributed by atoms with Crippen LogP contribution in [0.25, 0.3) is 10.9 Å². The first kappa shape index (κ1) is 14.4. The number of fused-ring (bicyclic) bond motifs is 1. The van der Waals surface area contributed by atoms with Crippen LogP contribution in [0.3, 0.4) is 0 Å². The number of hydrogen-bond acceptors (Lipinski definition) is 4. The average Bonchev–Trinajstić information content (AvgIpc) is 2.58. The molecule has 0 saturated carbocycles. The van der Waals surface area contributed by atoms with Gasteiger partial charge in [-0.2, -0.15) is 0 Å². The van der Waals surface area contributed by atoms with Crippen molar-refractivity contribution in [3.8, 4) is 11.5 Å². The maximum absolute atomic E-state index is 10.6. The van der Waals surface area contributed by atoms with Gasteiger partial charge in [0.2, 0.25) is 0 Å². The molecule has 0 aliphatic rings. The van der Waals surface area contributed by atoms with Crippen molar-refractivity contribution < 1.29 is 9.84 Å². The fourth-order valence-electron chi connectivity index (χ4n) is 2.70. The van der Waals surface area contributed by atoms with Crippen LogP contribution >= 0.6 is 0 Å². The number of hydrogen-bond donors (Lipinski definition) is 2. The minimum atomic E-state index is -0.137. The molecule has 0 bridgehead atoms. The molecular weight excluding hydrogens is 276 g/mol. The summed E-state index contributed by atoms with van der Waals surface area (Å²) < 4.78 is 5.28. The van der Waals surface area contributed by atoms with E-state index in [1.807, 2.05) is 55.6 Å². The zero-order valence-corrected chi connectivity index (χ0v) is 12.6. The second-order valence-electron chi connectivity index (χ2n) is 5.08. The molecule has 0 radical (unpaired) electrons. The Bertz CT molecular complexity index is 802. The lowest BCUT2D eigenvalue weighted by atomic mass is 9.96. The highest BCUT2D eigenvalue weighted by atomic mass is 16.5. The lowest BCUT2D eigenvalue weighted by Crippen LogP contribution is -2.18. The molecule has 0 saturated heterocycles. The fraction of sp³-hybridized carbons (Fsp3) is 0.167. The van der Waals surface area contributed by atoms with Gasteiger partial charge >= 0.3 is 0 Å². The van der Waals surface area contributed by atoms with Gasteiger partial charge in [0, 0.05) is 17.1 Å². The van der Waals surface area contributed by atoms with Crippen molar-refractivity contribution in [3.63, 3.8) is 0 Å². The summed E-state index contributed by atoms with van der Waals surface area (Å²) in [5, 5.41) is 14.8. The molecule has 4 heteroatoms. The molecule has 3 rings (SSSR count). The number of aromatic hydroxyl groups is 1. The largest absolute Gasteiger partial charge is 0.505 e. The number of ether oxygens (including phenoxy) is 1. The number of nitrogens with zero attached hydrogens (tertiary/aromatic N) is 1. The third-order valence-corrected chi connectivity index (χ3v) is 3.81. The van der Waals surface area contributed by atoms with Gasteiger partial charge < -0.3 is 15.2 Å². The quantitative estimate of drug-likeness (QED) is 0.775. The van der Waals surface area contributed by atoms with Gasteiger partial charge in [-0.3, -0.25) is 4.98 Å². The monoisotopic (exact) mass is 294 g/mol. The summed E-state index contributed by atoms with van der Waals surface area (Å²) in [6, 6.07) is 15.4. The zero-order chi connectivity index (χ0) is 15.5. The summed E-state index contributed by atoms with van der Waals surface area (Å²) in [7, 11) is 3.51. The smallest absolute Gasteiger partial charge is 0.146 e. The Morgan fingerprint density at radius 2 is 2.00 bits per heavy atom. The van der Waals surface area contributed by atoms with Crippen molar-refractivity contribution in [2.45, 2.75) is 6.04 Å². The first-order valence-corrected chi connectivity index (χ1v) is 7.12. The summed E-state index contributed by atoms with van der Waals surface area (Å²) in [6.07, 6.45) is 1.69. The van der Waals surface area contributed by atoms with Gasteiger partial charge in [0.15, 0.2) is 0 Å². The van der Waals surface area contributed by atoms with E-state index in [0.29, 0.717) is 5.52 Å². The van der Waals surface area contributed by atoms with Crippen molar-refractivity contribution in [1.29, 1.82) is 0 Å². The Balaban J connectivity index is 2.12. The highest BCUT2D eigenvalue weighted by Gasteiger charge is 2.18. The number of pyridine rings is 1. The lowest BCUT2D eigenvalue weighted by Gasteiger charge is -2.19. The number of phenolic OH excluding ortho intramolecular Hbond substituents is 1. The van der Waals surface area contributed by atoms with Crippen molar-refractivity contribution in [2.75, 3.05) is 14.2 Å².